The summed E-state index contributed by atoms with van der Waals surface area (Å²) in [5.41, 5.74) is 0.587. The number of benzene rings is 1. The number of rotatable bonds is 1. The lowest BCUT2D eigenvalue weighted by Crippen LogP contribution is -1.79. The molecular weight excluding hydrogens is 252 g/mol. The maximum atomic E-state index is 9.16. The lowest BCUT2D eigenvalue weighted by Gasteiger charge is -1.98. The summed E-state index contributed by atoms with van der Waals surface area (Å²) < 4.78 is 4.53. The first-order valence-corrected chi connectivity index (χ1v) is 3.56. The highest BCUT2D eigenvalue weighted by Gasteiger charge is 2.05. The number of hydrogen-bond donors (Lipinski definition) is 2. The topological polar surface area (TPSA) is 79.4 Å². The molecule has 2 aromatic rings. The lowest BCUT2D eigenvalue weighted by molar-refractivity contribution is 0.403. The van der Waals surface area contributed by atoms with Crippen molar-refractivity contribution in [2.45, 2.75) is 0 Å². The minimum atomic E-state index is -0.206. The van der Waals surface area contributed by atoms with E-state index in [1.807, 2.05) is 0 Å². The monoisotopic (exact) mass is 258 g/mol. The van der Waals surface area contributed by atoms with Gasteiger partial charge in [-0.2, -0.15) is 4.98 Å². The molecule has 0 saturated heterocycles. The molecule has 74 valence electrons. The van der Waals surface area contributed by atoms with Gasteiger partial charge in [-0.25, -0.2) is 0 Å². The van der Waals surface area contributed by atoms with E-state index in [4.69, 9.17) is 10.2 Å². The molecule has 0 radical (unpaired) electrons. The van der Waals surface area contributed by atoms with Crippen LogP contribution in [-0.2, 0) is 0 Å². The minimum Gasteiger partial charge on any atom is -0.504 e. The maximum absolute atomic E-state index is 9.16. The third-order valence-electron chi connectivity index (χ3n) is 1.59. The van der Waals surface area contributed by atoms with Crippen molar-refractivity contribution in [3.63, 3.8) is 0 Å². The molecule has 0 saturated carbocycles. The van der Waals surface area contributed by atoms with Crippen LogP contribution in [0, 0.1) is 0 Å². The predicted molar refractivity (Wildman–Crippen MR) is 53.4 cm³/mol. The van der Waals surface area contributed by atoms with Gasteiger partial charge in [-0.3, -0.25) is 0 Å². The Morgan fingerprint density at radius 3 is 2.50 bits per heavy atom. The van der Waals surface area contributed by atoms with Crippen LogP contribution in [0.3, 0.4) is 0 Å². The minimum absolute atomic E-state index is 0. The Kier molecular flexibility index (Phi) is 3.08. The Labute approximate surface area is 89.8 Å². The molecule has 0 aliphatic heterocycles. The molecular formula is C8H7BrN2O3. The van der Waals surface area contributed by atoms with Crippen LogP contribution in [0.15, 0.2) is 29.1 Å². The van der Waals surface area contributed by atoms with Gasteiger partial charge in [0.2, 0.25) is 12.2 Å². The average molecular weight is 259 g/mol. The van der Waals surface area contributed by atoms with Crippen LogP contribution < -0.4 is 0 Å². The summed E-state index contributed by atoms with van der Waals surface area (Å²) in [6.45, 7) is 0. The van der Waals surface area contributed by atoms with E-state index in [0.29, 0.717) is 11.4 Å². The summed E-state index contributed by atoms with van der Waals surface area (Å²) >= 11 is 0. The third kappa shape index (κ3) is 1.85. The van der Waals surface area contributed by atoms with Gasteiger partial charge in [0.15, 0.2) is 11.5 Å². The van der Waals surface area contributed by atoms with Crippen LogP contribution in [0.5, 0.6) is 11.5 Å². The standard InChI is InChI=1S/C8H6N2O3.BrH/c11-6-2-1-5(3-7(6)12)8-9-4-13-10-8;/h1-4,11-12H;1H. The molecule has 2 N–H and O–H groups in total. The smallest absolute Gasteiger partial charge is 0.214 e. The van der Waals surface area contributed by atoms with Gasteiger partial charge in [0.05, 0.1) is 0 Å². The molecule has 0 aliphatic rings. The Balaban J connectivity index is 0.000000980. The molecule has 1 heterocycles. The summed E-state index contributed by atoms with van der Waals surface area (Å²) in [6, 6.07) is 4.31. The largest absolute Gasteiger partial charge is 0.504 e. The molecule has 5 nitrogen and oxygen atoms in total. The lowest BCUT2D eigenvalue weighted by atomic mass is 10.2. The van der Waals surface area contributed by atoms with Crippen LogP contribution >= 0.6 is 17.0 Å². The Morgan fingerprint density at radius 1 is 1.14 bits per heavy atom. The zero-order chi connectivity index (χ0) is 9.26. The SMILES string of the molecule is Br.Oc1ccc(-c2ncon2)cc1O. The van der Waals surface area contributed by atoms with Crippen molar-refractivity contribution in [1.29, 1.82) is 0 Å². The van der Waals surface area contributed by atoms with Gasteiger partial charge >= 0.3 is 0 Å². The number of hydrogen-bond acceptors (Lipinski definition) is 5. The second-order valence-corrected chi connectivity index (χ2v) is 2.46. The summed E-state index contributed by atoms with van der Waals surface area (Å²) in [6.07, 6.45) is 1.19. The van der Waals surface area contributed by atoms with E-state index >= 15 is 0 Å². The Bertz CT molecular complexity index is 417. The average Bonchev–Trinajstić information content (AvgIpc) is 2.62. The van der Waals surface area contributed by atoms with Crippen molar-refractivity contribution < 1.29 is 14.7 Å². The Hall–Kier alpha value is -1.56. The van der Waals surface area contributed by atoms with Gasteiger partial charge in [-0.05, 0) is 18.2 Å². The van der Waals surface area contributed by atoms with E-state index in [1.54, 1.807) is 6.07 Å². The van der Waals surface area contributed by atoms with Gasteiger partial charge in [-0.15, -0.1) is 17.0 Å². The molecule has 0 atom stereocenters. The van der Waals surface area contributed by atoms with E-state index in [-0.39, 0.29) is 28.5 Å². The second-order valence-electron chi connectivity index (χ2n) is 2.46. The summed E-state index contributed by atoms with van der Waals surface area (Å²) in [7, 11) is 0. The van der Waals surface area contributed by atoms with Crippen LogP contribution in [0.1, 0.15) is 0 Å². The van der Waals surface area contributed by atoms with E-state index in [2.05, 4.69) is 14.7 Å². The van der Waals surface area contributed by atoms with Gasteiger partial charge in [0.25, 0.3) is 0 Å². The van der Waals surface area contributed by atoms with Crippen molar-refractivity contribution >= 4 is 17.0 Å². The van der Waals surface area contributed by atoms with Gasteiger partial charge in [-0.1, -0.05) is 5.16 Å². The van der Waals surface area contributed by atoms with Crippen molar-refractivity contribution in [3.05, 3.63) is 24.6 Å². The number of aromatic nitrogens is 2. The zero-order valence-corrected chi connectivity index (χ0v) is 8.63. The molecule has 2 rings (SSSR count). The molecule has 0 unspecified atom stereocenters. The fraction of sp³-hybridized carbons (Fsp3) is 0. The fourth-order valence-corrected chi connectivity index (χ4v) is 0.960. The second kappa shape index (κ2) is 4.10. The van der Waals surface area contributed by atoms with E-state index in [1.165, 1.54) is 18.5 Å². The molecule has 0 aliphatic carbocycles. The highest BCUT2D eigenvalue weighted by molar-refractivity contribution is 8.93. The molecule has 1 aromatic carbocycles. The number of halogens is 1. The highest BCUT2D eigenvalue weighted by atomic mass is 79.9. The van der Waals surface area contributed by atoms with Gasteiger partial charge in [0.1, 0.15) is 0 Å². The zero-order valence-electron chi connectivity index (χ0n) is 6.91. The quantitative estimate of drug-likeness (QED) is 0.762. The first-order valence-electron chi connectivity index (χ1n) is 3.56. The summed E-state index contributed by atoms with van der Waals surface area (Å²) in [5.74, 6) is -0.00940. The van der Waals surface area contributed by atoms with Crippen LogP contribution in [-0.4, -0.2) is 20.4 Å². The van der Waals surface area contributed by atoms with Gasteiger partial charge in [0, 0.05) is 5.56 Å². The number of phenolic OH excluding ortho intramolecular Hbond substituents is 2. The normalized spacial score (nSPS) is 9.43. The first kappa shape index (κ1) is 10.5. The van der Waals surface area contributed by atoms with E-state index < -0.39 is 0 Å². The van der Waals surface area contributed by atoms with E-state index in [9.17, 15) is 0 Å². The molecule has 6 heteroatoms. The molecule has 0 fully saturated rings. The van der Waals surface area contributed by atoms with Crippen LogP contribution in [0.2, 0.25) is 0 Å². The fourth-order valence-electron chi connectivity index (χ4n) is 0.960. The molecule has 1 aromatic heterocycles. The maximum Gasteiger partial charge on any atom is 0.214 e. The first-order chi connectivity index (χ1) is 6.27. The van der Waals surface area contributed by atoms with Crippen molar-refractivity contribution in [1.82, 2.24) is 10.1 Å². The number of phenols is 2. The molecule has 0 bridgehead atoms. The molecule has 0 spiro atoms. The summed E-state index contributed by atoms with van der Waals surface area (Å²) in [4.78, 5) is 3.79. The number of nitrogens with zero attached hydrogens (tertiary/aromatic N) is 2. The predicted octanol–water partition coefficient (Wildman–Crippen LogP) is 1.73. The van der Waals surface area contributed by atoms with Crippen molar-refractivity contribution in [3.8, 4) is 22.9 Å². The van der Waals surface area contributed by atoms with E-state index in [0.717, 1.165) is 0 Å². The van der Waals surface area contributed by atoms with Crippen LogP contribution in [0.4, 0.5) is 0 Å². The van der Waals surface area contributed by atoms with Crippen molar-refractivity contribution in [2.24, 2.45) is 0 Å². The van der Waals surface area contributed by atoms with Crippen LogP contribution in [0.25, 0.3) is 11.4 Å². The summed E-state index contributed by atoms with van der Waals surface area (Å²) in [5, 5.41) is 21.8. The highest BCUT2D eigenvalue weighted by Crippen LogP contribution is 2.28. The molecule has 14 heavy (non-hydrogen) atoms. The molecule has 0 amide bonds. The third-order valence-corrected chi connectivity index (χ3v) is 1.59. The van der Waals surface area contributed by atoms with Gasteiger partial charge < -0.3 is 14.7 Å². The van der Waals surface area contributed by atoms with Crippen molar-refractivity contribution in [2.75, 3.05) is 0 Å². The Morgan fingerprint density at radius 2 is 1.93 bits per heavy atom. The number of aromatic hydroxyl groups is 2.